The van der Waals surface area contributed by atoms with Crippen LogP contribution in [0.2, 0.25) is 0 Å². The molecule has 1 aliphatic carbocycles. The van der Waals surface area contributed by atoms with Gasteiger partial charge in [0.25, 0.3) is 0 Å². The van der Waals surface area contributed by atoms with Crippen molar-refractivity contribution in [1.82, 2.24) is 15.2 Å². The summed E-state index contributed by atoms with van der Waals surface area (Å²) in [5.74, 6) is 1.60. The summed E-state index contributed by atoms with van der Waals surface area (Å²) in [4.78, 5) is 21.6. The molecule has 0 bridgehead atoms. The van der Waals surface area contributed by atoms with E-state index in [2.05, 4.69) is 44.0 Å². The van der Waals surface area contributed by atoms with E-state index in [0.717, 1.165) is 41.9 Å². The number of nitrogens with zero attached hydrogens (tertiary/aromatic N) is 4. The smallest absolute Gasteiger partial charge is 0.317 e. The first-order valence-electron chi connectivity index (χ1n) is 11.1. The molecule has 30 heavy (non-hydrogen) atoms. The lowest BCUT2D eigenvalue weighted by molar-refractivity contribution is -0.0407. The highest BCUT2D eigenvalue weighted by molar-refractivity contribution is 5.75. The van der Waals surface area contributed by atoms with Crippen LogP contribution in [0, 0.1) is 17.2 Å². The molecule has 2 aliphatic heterocycles. The summed E-state index contributed by atoms with van der Waals surface area (Å²) in [6, 6.07) is 2.52. The number of carbonyl (C=O) groups is 1. The van der Waals surface area contributed by atoms with Crippen molar-refractivity contribution in [2.75, 3.05) is 31.6 Å². The number of fused-ring (bicyclic) bond motifs is 1. The van der Waals surface area contributed by atoms with E-state index < -0.39 is 0 Å². The Balaban J connectivity index is 1.75. The molecule has 0 unspecified atom stereocenters. The first-order valence-corrected chi connectivity index (χ1v) is 11.1. The van der Waals surface area contributed by atoms with Crippen molar-refractivity contribution >= 4 is 11.8 Å². The Bertz CT molecular complexity index is 885. The number of aromatic nitrogens is 1. The first-order chi connectivity index (χ1) is 14.3. The standard InChI is InChI=1S/C23H33N5O2/c1-14(2)19-12-27(8-9-28(19)22(29)25-5)21-17(11-24)16-10-23(3,4)30-13-18(16)20(26-21)15-6-7-15/h14-15,19H,6-10,12-13H2,1-5H3,(H,25,29)/t19-/m0/s1. The molecule has 162 valence electrons. The summed E-state index contributed by atoms with van der Waals surface area (Å²) in [5, 5.41) is 12.9. The van der Waals surface area contributed by atoms with E-state index in [4.69, 9.17) is 9.72 Å². The molecule has 0 aromatic carbocycles. The molecular formula is C23H33N5O2. The van der Waals surface area contributed by atoms with E-state index in [1.54, 1.807) is 7.05 Å². The van der Waals surface area contributed by atoms with E-state index >= 15 is 0 Å². The van der Waals surface area contributed by atoms with Gasteiger partial charge in [-0.05, 0) is 38.2 Å². The molecule has 3 aliphatic rings. The number of piperazine rings is 1. The molecule has 2 amide bonds. The van der Waals surface area contributed by atoms with Crippen LogP contribution >= 0.6 is 0 Å². The van der Waals surface area contributed by atoms with Crippen LogP contribution in [0.4, 0.5) is 10.6 Å². The largest absolute Gasteiger partial charge is 0.370 e. The molecule has 7 nitrogen and oxygen atoms in total. The number of hydrogen-bond donors (Lipinski definition) is 1. The summed E-state index contributed by atoms with van der Waals surface area (Å²) in [6.07, 6.45) is 3.05. The van der Waals surface area contributed by atoms with Crippen LogP contribution in [0.5, 0.6) is 0 Å². The number of pyridine rings is 1. The monoisotopic (exact) mass is 411 g/mol. The van der Waals surface area contributed by atoms with Gasteiger partial charge < -0.3 is 19.9 Å². The topological polar surface area (TPSA) is 81.5 Å². The Morgan fingerprint density at radius 1 is 1.30 bits per heavy atom. The molecule has 0 radical (unpaired) electrons. The van der Waals surface area contributed by atoms with E-state index in [9.17, 15) is 10.1 Å². The molecule has 0 spiro atoms. The van der Waals surface area contributed by atoms with Crippen molar-refractivity contribution in [3.05, 3.63) is 22.4 Å². The predicted molar refractivity (Wildman–Crippen MR) is 115 cm³/mol. The van der Waals surface area contributed by atoms with Gasteiger partial charge in [0.2, 0.25) is 0 Å². The highest BCUT2D eigenvalue weighted by atomic mass is 16.5. The quantitative estimate of drug-likeness (QED) is 0.826. The number of nitrogens with one attached hydrogen (secondary N) is 1. The van der Waals surface area contributed by atoms with Gasteiger partial charge in [-0.2, -0.15) is 5.26 Å². The minimum Gasteiger partial charge on any atom is -0.370 e. The third-order valence-electron chi connectivity index (χ3n) is 6.67. The van der Waals surface area contributed by atoms with Gasteiger partial charge in [-0.1, -0.05) is 13.8 Å². The molecule has 1 N–H and O–H groups in total. The van der Waals surface area contributed by atoms with Gasteiger partial charge in [0.05, 0.1) is 29.5 Å². The number of hydrogen-bond acceptors (Lipinski definition) is 5. The molecular weight excluding hydrogens is 378 g/mol. The Hall–Kier alpha value is -2.33. The molecule has 1 saturated carbocycles. The van der Waals surface area contributed by atoms with Crippen LogP contribution in [0.3, 0.4) is 0 Å². The molecule has 1 atom stereocenters. The van der Waals surface area contributed by atoms with Crippen molar-refractivity contribution in [3.63, 3.8) is 0 Å². The average Bonchev–Trinajstić information content (AvgIpc) is 3.56. The SMILES string of the molecule is CNC(=O)N1CCN(c2nc(C3CC3)c3c(c2C#N)CC(C)(C)OC3)C[C@H]1C(C)C. The number of amides is 2. The molecule has 1 aromatic rings. The second kappa shape index (κ2) is 7.73. The lowest BCUT2D eigenvalue weighted by Crippen LogP contribution is -2.59. The van der Waals surface area contributed by atoms with Crippen molar-refractivity contribution < 1.29 is 9.53 Å². The van der Waals surface area contributed by atoms with Crippen molar-refractivity contribution in [1.29, 1.82) is 5.26 Å². The Morgan fingerprint density at radius 2 is 2.03 bits per heavy atom. The summed E-state index contributed by atoms with van der Waals surface area (Å²) >= 11 is 0. The fraction of sp³-hybridized carbons (Fsp3) is 0.696. The summed E-state index contributed by atoms with van der Waals surface area (Å²) in [5.41, 5.74) is 3.80. The number of urea groups is 1. The number of nitriles is 1. The van der Waals surface area contributed by atoms with Crippen LogP contribution in [0.15, 0.2) is 0 Å². The van der Waals surface area contributed by atoms with Gasteiger partial charge in [0, 0.05) is 44.6 Å². The Labute approximate surface area is 179 Å². The van der Waals surface area contributed by atoms with Crippen LogP contribution in [0.1, 0.15) is 68.8 Å². The lowest BCUT2D eigenvalue weighted by atomic mass is 9.87. The van der Waals surface area contributed by atoms with Crippen molar-refractivity contribution in [3.8, 4) is 6.07 Å². The number of anilines is 1. The Morgan fingerprint density at radius 3 is 2.63 bits per heavy atom. The molecule has 1 aromatic heterocycles. The molecule has 7 heteroatoms. The lowest BCUT2D eigenvalue weighted by Gasteiger charge is -2.44. The maximum atomic E-state index is 12.4. The number of rotatable bonds is 3. The second-order valence-electron chi connectivity index (χ2n) is 9.77. The van der Waals surface area contributed by atoms with Crippen LogP contribution in [0.25, 0.3) is 0 Å². The molecule has 1 saturated heterocycles. The van der Waals surface area contributed by atoms with Gasteiger partial charge in [-0.15, -0.1) is 0 Å². The highest BCUT2D eigenvalue weighted by Gasteiger charge is 2.39. The van der Waals surface area contributed by atoms with Gasteiger partial charge >= 0.3 is 6.03 Å². The van der Waals surface area contributed by atoms with Crippen molar-refractivity contribution in [2.24, 2.45) is 5.92 Å². The normalized spacial score (nSPS) is 23.2. The summed E-state index contributed by atoms with van der Waals surface area (Å²) in [6.45, 7) is 11.0. The predicted octanol–water partition coefficient (Wildman–Crippen LogP) is 3.17. The minimum atomic E-state index is -0.281. The Kier molecular flexibility index (Phi) is 5.39. The average molecular weight is 412 g/mol. The maximum Gasteiger partial charge on any atom is 0.317 e. The third-order valence-corrected chi connectivity index (χ3v) is 6.67. The van der Waals surface area contributed by atoms with Gasteiger partial charge in [0.15, 0.2) is 0 Å². The van der Waals surface area contributed by atoms with Crippen LogP contribution in [-0.2, 0) is 17.8 Å². The second-order valence-corrected chi connectivity index (χ2v) is 9.77. The number of ether oxygens (including phenoxy) is 1. The van der Waals surface area contributed by atoms with E-state index in [-0.39, 0.29) is 17.7 Å². The van der Waals surface area contributed by atoms with Crippen LogP contribution < -0.4 is 10.2 Å². The fourth-order valence-corrected chi connectivity index (χ4v) is 4.79. The molecule has 3 heterocycles. The zero-order valence-electron chi connectivity index (χ0n) is 18.8. The number of carbonyl (C=O) groups excluding carboxylic acids is 1. The van der Waals surface area contributed by atoms with E-state index in [1.165, 1.54) is 0 Å². The van der Waals surface area contributed by atoms with Gasteiger partial charge in [0.1, 0.15) is 11.9 Å². The summed E-state index contributed by atoms with van der Waals surface area (Å²) < 4.78 is 6.08. The maximum absolute atomic E-state index is 12.4. The van der Waals surface area contributed by atoms with Gasteiger partial charge in [-0.3, -0.25) is 0 Å². The summed E-state index contributed by atoms with van der Waals surface area (Å²) in [7, 11) is 1.68. The molecule has 4 rings (SSSR count). The zero-order valence-corrected chi connectivity index (χ0v) is 18.8. The van der Waals surface area contributed by atoms with Gasteiger partial charge in [-0.25, -0.2) is 9.78 Å². The molecule has 2 fully saturated rings. The van der Waals surface area contributed by atoms with Crippen molar-refractivity contribution in [2.45, 2.75) is 71.1 Å². The minimum absolute atomic E-state index is 0.0372. The fourth-order valence-electron chi connectivity index (χ4n) is 4.79. The van der Waals surface area contributed by atoms with E-state index in [0.29, 0.717) is 43.6 Å². The highest BCUT2D eigenvalue weighted by Crippen LogP contribution is 2.45. The third kappa shape index (κ3) is 3.74. The zero-order chi connectivity index (χ0) is 21.6. The van der Waals surface area contributed by atoms with E-state index in [1.807, 2.05) is 4.90 Å². The van der Waals surface area contributed by atoms with Crippen LogP contribution in [-0.4, -0.2) is 54.2 Å². The first kappa shape index (κ1) is 20.9.